The molecule has 11 nitrogen and oxygen atoms in total. The van der Waals surface area contributed by atoms with E-state index in [0.717, 1.165) is 0 Å². The lowest BCUT2D eigenvalue weighted by Gasteiger charge is -2.16. The Balaban J connectivity index is 1.53. The summed E-state index contributed by atoms with van der Waals surface area (Å²) >= 11 is 0. The van der Waals surface area contributed by atoms with E-state index in [-0.39, 0.29) is 17.3 Å². The Hall–Kier alpha value is -2.64. The van der Waals surface area contributed by atoms with Crippen molar-refractivity contribution in [2.24, 2.45) is 0 Å². The molecule has 28 heavy (non-hydrogen) atoms. The first-order valence-corrected chi connectivity index (χ1v) is 9.86. The van der Waals surface area contributed by atoms with Crippen molar-refractivity contribution in [1.29, 1.82) is 0 Å². The molecule has 1 aromatic carbocycles. The van der Waals surface area contributed by atoms with Crippen LogP contribution >= 0.6 is 0 Å². The molecule has 0 amide bonds. The second kappa shape index (κ2) is 7.07. The van der Waals surface area contributed by atoms with E-state index in [0.29, 0.717) is 11.2 Å². The second-order valence-electron chi connectivity index (χ2n) is 6.29. The van der Waals surface area contributed by atoms with Crippen LogP contribution in [0.15, 0.2) is 47.9 Å². The number of aromatic nitrogens is 4. The van der Waals surface area contributed by atoms with Crippen LogP contribution < -0.4 is 10.5 Å². The van der Waals surface area contributed by atoms with E-state index in [4.69, 9.17) is 10.5 Å². The van der Waals surface area contributed by atoms with E-state index in [1.807, 2.05) is 0 Å². The van der Waals surface area contributed by atoms with Crippen molar-refractivity contribution in [3.63, 3.8) is 0 Å². The van der Waals surface area contributed by atoms with Crippen molar-refractivity contribution in [1.82, 2.24) is 24.2 Å². The number of nitrogen functional groups attached to an aromatic ring is 1. The number of ether oxygens (including phenoxy) is 1. The van der Waals surface area contributed by atoms with Gasteiger partial charge in [0.2, 0.25) is 10.0 Å². The predicted octanol–water partition coefficient (Wildman–Crippen LogP) is -0.994. The molecule has 1 fully saturated rings. The lowest BCUT2D eigenvalue weighted by atomic mass is 10.1. The summed E-state index contributed by atoms with van der Waals surface area (Å²) < 4.78 is 34.2. The van der Waals surface area contributed by atoms with Crippen molar-refractivity contribution in [3.8, 4) is 0 Å². The number of nitrogens with zero attached hydrogens (tertiary/aromatic N) is 4. The van der Waals surface area contributed by atoms with Gasteiger partial charge in [-0.1, -0.05) is 18.2 Å². The third-order valence-electron chi connectivity index (χ3n) is 4.53. The Morgan fingerprint density at radius 1 is 1.14 bits per heavy atom. The van der Waals surface area contributed by atoms with Crippen LogP contribution in [0.3, 0.4) is 0 Å². The lowest BCUT2D eigenvalue weighted by molar-refractivity contribution is -0.0330. The number of nitrogens with one attached hydrogen (secondary N) is 1. The molecule has 1 aliphatic rings. The van der Waals surface area contributed by atoms with Crippen LogP contribution in [0.5, 0.6) is 0 Å². The Morgan fingerprint density at radius 2 is 1.89 bits per heavy atom. The average molecular weight is 406 g/mol. The normalized spacial score (nSPS) is 25.4. The van der Waals surface area contributed by atoms with Gasteiger partial charge in [0.15, 0.2) is 17.7 Å². The molecule has 12 heteroatoms. The molecular weight excluding hydrogens is 388 g/mol. The van der Waals surface area contributed by atoms with Gasteiger partial charge in [-0.05, 0) is 12.1 Å². The molecule has 4 atom stereocenters. The highest BCUT2D eigenvalue weighted by molar-refractivity contribution is 7.89. The topological polar surface area (TPSA) is 165 Å². The van der Waals surface area contributed by atoms with Gasteiger partial charge in [0.1, 0.15) is 30.2 Å². The number of anilines is 1. The first-order chi connectivity index (χ1) is 13.4. The van der Waals surface area contributed by atoms with Gasteiger partial charge >= 0.3 is 0 Å². The van der Waals surface area contributed by atoms with Crippen LogP contribution in [0.4, 0.5) is 5.82 Å². The number of rotatable bonds is 5. The van der Waals surface area contributed by atoms with E-state index >= 15 is 0 Å². The molecule has 3 heterocycles. The molecule has 0 radical (unpaired) electrons. The molecular formula is C16H18N6O5S. The zero-order valence-corrected chi connectivity index (χ0v) is 15.3. The van der Waals surface area contributed by atoms with Crippen molar-refractivity contribution < 1.29 is 23.4 Å². The average Bonchev–Trinajstić information content (AvgIpc) is 3.24. The fourth-order valence-electron chi connectivity index (χ4n) is 3.06. The van der Waals surface area contributed by atoms with Crippen LogP contribution in [-0.4, -0.2) is 63.0 Å². The fraction of sp³-hybridized carbons (Fsp3) is 0.312. The number of imidazole rings is 1. The van der Waals surface area contributed by atoms with Gasteiger partial charge in [-0.2, -0.15) is 0 Å². The fourth-order valence-corrected chi connectivity index (χ4v) is 4.12. The van der Waals surface area contributed by atoms with Crippen LogP contribution in [0, 0.1) is 0 Å². The molecule has 4 rings (SSSR count). The minimum atomic E-state index is -3.78. The number of nitrogens with two attached hydrogens (primary N) is 1. The Labute approximate surface area is 159 Å². The predicted molar refractivity (Wildman–Crippen MR) is 97.3 cm³/mol. The highest BCUT2D eigenvalue weighted by Gasteiger charge is 2.44. The molecule has 0 saturated carbocycles. The smallest absolute Gasteiger partial charge is 0.240 e. The van der Waals surface area contributed by atoms with Crippen LogP contribution in [0.1, 0.15) is 6.23 Å². The summed E-state index contributed by atoms with van der Waals surface area (Å²) in [4.78, 5) is 12.1. The summed E-state index contributed by atoms with van der Waals surface area (Å²) in [6, 6.07) is 7.82. The minimum Gasteiger partial charge on any atom is -0.387 e. The number of aliphatic hydroxyl groups is 2. The first kappa shape index (κ1) is 18.7. The zero-order valence-electron chi connectivity index (χ0n) is 14.5. The molecule has 0 aliphatic carbocycles. The number of hydrogen-bond acceptors (Lipinski definition) is 9. The Bertz CT molecular complexity index is 1090. The summed E-state index contributed by atoms with van der Waals surface area (Å²) in [5.41, 5.74) is 6.41. The Morgan fingerprint density at radius 3 is 2.64 bits per heavy atom. The number of aliphatic hydroxyl groups excluding tert-OH is 2. The summed E-state index contributed by atoms with van der Waals surface area (Å²) in [5, 5.41) is 20.7. The monoisotopic (exact) mass is 406 g/mol. The van der Waals surface area contributed by atoms with Gasteiger partial charge in [-0.3, -0.25) is 4.57 Å². The number of fused-ring (bicyclic) bond motifs is 1. The number of sulfonamides is 1. The van der Waals surface area contributed by atoms with E-state index in [1.54, 1.807) is 18.2 Å². The third-order valence-corrected chi connectivity index (χ3v) is 5.97. The molecule has 1 saturated heterocycles. The molecule has 5 N–H and O–H groups in total. The summed E-state index contributed by atoms with van der Waals surface area (Å²) in [7, 11) is -3.78. The molecule has 3 aromatic rings. The molecule has 0 bridgehead atoms. The highest BCUT2D eigenvalue weighted by Crippen LogP contribution is 2.31. The van der Waals surface area contributed by atoms with Crippen molar-refractivity contribution >= 4 is 27.0 Å². The van der Waals surface area contributed by atoms with Gasteiger partial charge in [0, 0.05) is 6.54 Å². The number of hydrogen-bond donors (Lipinski definition) is 4. The molecule has 148 valence electrons. The Kier molecular flexibility index (Phi) is 4.72. The van der Waals surface area contributed by atoms with Gasteiger partial charge in [0.05, 0.1) is 11.2 Å². The van der Waals surface area contributed by atoms with E-state index in [1.165, 1.54) is 29.4 Å². The summed E-state index contributed by atoms with van der Waals surface area (Å²) in [5.74, 6) is 0.170. The van der Waals surface area contributed by atoms with Crippen LogP contribution in [0.2, 0.25) is 0 Å². The molecule has 1 aliphatic heterocycles. The van der Waals surface area contributed by atoms with E-state index in [9.17, 15) is 18.6 Å². The summed E-state index contributed by atoms with van der Waals surface area (Å²) in [6.07, 6.45) is -2.01. The molecule has 0 spiro atoms. The van der Waals surface area contributed by atoms with Gasteiger partial charge < -0.3 is 20.7 Å². The molecule has 2 aromatic heterocycles. The molecule has 0 unspecified atom stereocenters. The maximum Gasteiger partial charge on any atom is 0.240 e. The standard InChI is InChI=1S/C16H18N6O5S/c17-14-11-15(19-7-18-14)22(8-20-11)16-13(24)12(23)10(27-16)6-21-28(25,26)9-4-2-1-3-5-9/h1-5,7-8,10,12-13,16,21,23-24H,6H2,(H2,17,18,19)/t10-,12-,13-,16-/m1/s1. The van der Waals surface area contributed by atoms with E-state index in [2.05, 4.69) is 19.7 Å². The largest absolute Gasteiger partial charge is 0.387 e. The van der Waals surface area contributed by atoms with Gasteiger partial charge in [-0.25, -0.2) is 28.1 Å². The van der Waals surface area contributed by atoms with Gasteiger partial charge in [0.25, 0.3) is 0 Å². The SMILES string of the molecule is Nc1ncnc2c1ncn2[C@@H]1O[C@H](CNS(=O)(=O)c2ccccc2)[C@@H](O)[C@H]1O. The van der Waals surface area contributed by atoms with E-state index < -0.39 is 34.6 Å². The quantitative estimate of drug-likeness (QED) is 0.416. The second-order valence-corrected chi connectivity index (χ2v) is 8.06. The third kappa shape index (κ3) is 3.21. The van der Waals surface area contributed by atoms with Gasteiger partial charge in [-0.15, -0.1) is 0 Å². The van der Waals surface area contributed by atoms with Crippen LogP contribution in [0.25, 0.3) is 11.2 Å². The lowest BCUT2D eigenvalue weighted by Crippen LogP contribution is -2.39. The van der Waals surface area contributed by atoms with Crippen molar-refractivity contribution in [3.05, 3.63) is 43.0 Å². The van der Waals surface area contributed by atoms with Crippen molar-refractivity contribution in [2.75, 3.05) is 12.3 Å². The summed E-state index contributed by atoms with van der Waals surface area (Å²) in [6.45, 7) is -0.226. The maximum absolute atomic E-state index is 12.3. The van der Waals surface area contributed by atoms with Crippen molar-refractivity contribution in [2.45, 2.75) is 29.4 Å². The maximum atomic E-state index is 12.3. The first-order valence-electron chi connectivity index (χ1n) is 8.38. The highest BCUT2D eigenvalue weighted by atomic mass is 32.2. The zero-order chi connectivity index (χ0) is 19.9. The minimum absolute atomic E-state index is 0.0902. The van der Waals surface area contributed by atoms with Crippen LogP contribution in [-0.2, 0) is 14.8 Å². The number of benzene rings is 1.